The SMILES string of the molecule is O=C(O)C(O)C(O)C(=O)O.[Be+2].[H-].[H-]. The summed E-state index contributed by atoms with van der Waals surface area (Å²) in [5, 5.41) is 32.5. The minimum Gasteiger partial charge on any atom is -1.00 e. The molecule has 62 valence electrons. The van der Waals surface area contributed by atoms with E-state index < -0.39 is 24.1 Å². The summed E-state index contributed by atoms with van der Waals surface area (Å²) >= 11 is 0. The smallest absolute Gasteiger partial charge is 1.00 e. The molecular weight excluding hydrogens is 153 g/mol. The van der Waals surface area contributed by atoms with Crippen molar-refractivity contribution in [3.63, 3.8) is 0 Å². The van der Waals surface area contributed by atoms with Gasteiger partial charge in [-0.15, -0.1) is 0 Å². The molecule has 0 aromatic carbocycles. The fourth-order valence-corrected chi connectivity index (χ4v) is 0.270. The van der Waals surface area contributed by atoms with E-state index in [2.05, 4.69) is 0 Å². The van der Waals surface area contributed by atoms with Gasteiger partial charge in [0.15, 0.2) is 12.2 Å². The summed E-state index contributed by atoms with van der Waals surface area (Å²) in [6, 6.07) is 0. The van der Waals surface area contributed by atoms with Crippen LogP contribution in [0.5, 0.6) is 0 Å². The fourth-order valence-electron chi connectivity index (χ4n) is 0.270. The van der Waals surface area contributed by atoms with Gasteiger partial charge in [0.2, 0.25) is 0 Å². The van der Waals surface area contributed by atoms with Crippen molar-refractivity contribution in [3.05, 3.63) is 0 Å². The molecule has 2 unspecified atom stereocenters. The summed E-state index contributed by atoms with van der Waals surface area (Å²) in [5.41, 5.74) is 0. The Hall–Kier alpha value is -0.971. The van der Waals surface area contributed by atoms with Crippen molar-refractivity contribution in [2.45, 2.75) is 12.2 Å². The van der Waals surface area contributed by atoms with Crippen LogP contribution in [0.4, 0.5) is 0 Å². The molecule has 0 amide bonds. The van der Waals surface area contributed by atoms with Crippen molar-refractivity contribution in [2.24, 2.45) is 0 Å². The third kappa shape index (κ3) is 3.67. The first-order valence-corrected chi connectivity index (χ1v) is 2.28. The zero-order chi connectivity index (χ0) is 8.31. The van der Waals surface area contributed by atoms with E-state index >= 15 is 0 Å². The van der Waals surface area contributed by atoms with Crippen LogP contribution in [-0.4, -0.2) is 54.7 Å². The number of aliphatic hydroxyl groups is 2. The second-order valence-electron chi connectivity index (χ2n) is 1.57. The standard InChI is InChI=1S/C4H6O6.Be.2H/c5-1(3(7)8)2(6)4(9)10;;;/h1-2,5-6H,(H,7,8)(H,9,10);;;/q;+2;2*-1. The quantitative estimate of drug-likeness (QED) is 0.347. The molecule has 0 saturated heterocycles. The van der Waals surface area contributed by atoms with Gasteiger partial charge in [-0.05, 0) is 0 Å². The van der Waals surface area contributed by atoms with E-state index in [9.17, 15) is 9.59 Å². The first kappa shape index (κ1) is 12.7. The number of carbonyl (C=O) groups is 2. The van der Waals surface area contributed by atoms with Crippen LogP contribution < -0.4 is 0 Å². The van der Waals surface area contributed by atoms with Gasteiger partial charge in [0.25, 0.3) is 0 Å². The third-order valence-corrected chi connectivity index (χ3v) is 0.805. The van der Waals surface area contributed by atoms with Crippen LogP contribution in [0.25, 0.3) is 0 Å². The van der Waals surface area contributed by atoms with Gasteiger partial charge in [-0.3, -0.25) is 0 Å². The van der Waals surface area contributed by atoms with Crippen LogP contribution in [-0.2, 0) is 9.59 Å². The Labute approximate surface area is 68.3 Å². The van der Waals surface area contributed by atoms with Gasteiger partial charge in [0.05, 0.1) is 0 Å². The molecule has 0 heterocycles. The van der Waals surface area contributed by atoms with Gasteiger partial charge < -0.3 is 23.3 Å². The number of aliphatic carboxylic acids is 2. The third-order valence-electron chi connectivity index (χ3n) is 0.805. The summed E-state index contributed by atoms with van der Waals surface area (Å²) in [6.45, 7) is 0. The zero-order valence-electron chi connectivity index (χ0n) is 7.47. The number of aliphatic hydroxyl groups excluding tert-OH is 2. The molecule has 0 aliphatic rings. The molecule has 7 heteroatoms. The Morgan fingerprint density at radius 2 is 1.18 bits per heavy atom. The first-order valence-electron chi connectivity index (χ1n) is 2.28. The molecule has 0 aromatic rings. The van der Waals surface area contributed by atoms with Crippen molar-refractivity contribution < 1.29 is 32.9 Å². The van der Waals surface area contributed by atoms with Gasteiger partial charge in [0, 0.05) is 0 Å². The van der Waals surface area contributed by atoms with E-state index in [4.69, 9.17) is 20.4 Å². The number of carboxylic acid groups (broad SMARTS) is 2. The summed E-state index contributed by atoms with van der Waals surface area (Å²) in [6.07, 6.45) is -4.53. The fraction of sp³-hybridized carbons (Fsp3) is 0.500. The first-order chi connectivity index (χ1) is 4.46. The van der Waals surface area contributed by atoms with Crippen LogP contribution in [0.3, 0.4) is 0 Å². The van der Waals surface area contributed by atoms with Gasteiger partial charge in [-0.25, -0.2) is 9.59 Å². The average molecular weight is 161 g/mol. The molecule has 0 saturated carbocycles. The van der Waals surface area contributed by atoms with E-state index in [0.717, 1.165) is 0 Å². The van der Waals surface area contributed by atoms with Crippen molar-refractivity contribution in [1.29, 1.82) is 0 Å². The molecule has 0 radical (unpaired) electrons. The van der Waals surface area contributed by atoms with Crippen LogP contribution >= 0.6 is 0 Å². The van der Waals surface area contributed by atoms with Gasteiger partial charge in [-0.1, -0.05) is 0 Å². The maximum absolute atomic E-state index is 9.77. The van der Waals surface area contributed by atoms with Gasteiger partial charge in [0.1, 0.15) is 0 Å². The molecule has 0 aliphatic carbocycles. The average Bonchev–Trinajstić information content (AvgIpc) is 1.84. The Morgan fingerprint density at radius 3 is 1.27 bits per heavy atom. The molecule has 6 nitrogen and oxygen atoms in total. The Balaban J connectivity index is -0.000000135. The van der Waals surface area contributed by atoms with Gasteiger partial charge in [-0.2, -0.15) is 0 Å². The van der Waals surface area contributed by atoms with Crippen LogP contribution in [0.2, 0.25) is 0 Å². The van der Waals surface area contributed by atoms with Crippen LogP contribution in [0, 0.1) is 0 Å². The van der Waals surface area contributed by atoms with Crippen LogP contribution in [0.15, 0.2) is 0 Å². The minimum atomic E-state index is -2.27. The van der Waals surface area contributed by atoms with E-state index in [1.165, 1.54) is 0 Å². The Morgan fingerprint density at radius 1 is 1.00 bits per heavy atom. The molecule has 0 bridgehead atoms. The number of rotatable bonds is 3. The molecule has 0 spiro atoms. The maximum Gasteiger partial charge on any atom is 2.00 e. The predicted octanol–water partition coefficient (Wildman–Crippen LogP) is -2.28. The molecule has 11 heavy (non-hydrogen) atoms. The Bertz CT molecular complexity index is 147. The largest absolute Gasteiger partial charge is 2.00 e. The van der Waals surface area contributed by atoms with Gasteiger partial charge >= 0.3 is 22.1 Å². The number of hydrogen-bond acceptors (Lipinski definition) is 4. The molecule has 0 aromatic heterocycles. The number of hydrogen-bond donors (Lipinski definition) is 4. The van der Waals surface area contributed by atoms with Crippen molar-refractivity contribution in [3.8, 4) is 0 Å². The second kappa shape index (κ2) is 4.78. The summed E-state index contributed by atoms with van der Waals surface area (Å²) < 4.78 is 0. The molecule has 0 fully saturated rings. The van der Waals surface area contributed by atoms with E-state index in [1.54, 1.807) is 0 Å². The van der Waals surface area contributed by atoms with Crippen molar-refractivity contribution in [2.75, 3.05) is 0 Å². The van der Waals surface area contributed by atoms with E-state index in [0.29, 0.717) is 0 Å². The minimum absolute atomic E-state index is 0. The topological polar surface area (TPSA) is 115 Å². The summed E-state index contributed by atoms with van der Waals surface area (Å²) in [5.74, 6) is -3.54. The van der Waals surface area contributed by atoms with E-state index in [-0.39, 0.29) is 13.0 Å². The summed E-state index contributed by atoms with van der Waals surface area (Å²) in [4.78, 5) is 19.5. The van der Waals surface area contributed by atoms with Crippen molar-refractivity contribution in [1.82, 2.24) is 0 Å². The second-order valence-corrected chi connectivity index (χ2v) is 1.57. The number of carboxylic acids is 2. The molecule has 2 atom stereocenters. The summed E-state index contributed by atoms with van der Waals surface area (Å²) in [7, 11) is 0. The van der Waals surface area contributed by atoms with E-state index in [1.807, 2.05) is 0 Å². The Kier molecular flexibility index (Phi) is 5.52. The monoisotopic (exact) mass is 161 g/mol. The maximum atomic E-state index is 9.77. The normalized spacial score (nSPS) is 14.4. The predicted molar refractivity (Wildman–Crippen MR) is 35.3 cm³/mol. The zero-order valence-corrected chi connectivity index (χ0v) is 5.47. The van der Waals surface area contributed by atoms with Crippen molar-refractivity contribution >= 4 is 22.1 Å². The molecule has 0 rings (SSSR count). The van der Waals surface area contributed by atoms with Crippen LogP contribution in [0.1, 0.15) is 2.85 Å². The molecule has 0 aliphatic heterocycles. The molecule has 4 N–H and O–H groups in total. The molecular formula is C4H8BeO6.